The van der Waals surface area contributed by atoms with Gasteiger partial charge in [0.05, 0.1) is 0 Å². The number of carbonyl (C=O) groups is 2. The molecule has 0 aliphatic rings. The van der Waals surface area contributed by atoms with Crippen molar-refractivity contribution in [1.82, 2.24) is 14.5 Å². The van der Waals surface area contributed by atoms with Gasteiger partial charge in [0.25, 0.3) is 0 Å². The van der Waals surface area contributed by atoms with Gasteiger partial charge in [0.1, 0.15) is 17.1 Å². The maximum atomic E-state index is 10.7. The second kappa shape index (κ2) is 11.4. The molecule has 0 bridgehead atoms. The number of rotatable bonds is 7. The van der Waals surface area contributed by atoms with Crippen LogP contribution in [0, 0.1) is 17.0 Å². The van der Waals surface area contributed by atoms with E-state index in [4.69, 9.17) is 32.6 Å². The van der Waals surface area contributed by atoms with E-state index in [9.17, 15) is 19.7 Å². The van der Waals surface area contributed by atoms with Gasteiger partial charge in [-0.15, -0.1) is 0 Å². The third kappa shape index (κ3) is 8.29. The van der Waals surface area contributed by atoms with Gasteiger partial charge < -0.3 is 35.4 Å². The minimum absolute atomic E-state index is 0.0267. The van der Waals surface area contributed by atoms with Crippen molar-refractivity contribution in [3.63, 3.8) is 0 Å². The molecule has 0 amide bonds. The van der Waals surface area contributed by atoms with E-state index in [1.165, 1.54) is 18.0 Å². The van der Waals surface area contributed by atoms with E-state index in [0.29, 0.717) is 18.1 Å². The summed E-state index contributed by atoms with van der Waals surface area (Å²) in [6.07, 6.45) is -3.25. The van der Waals surface area contributed by atoms with Crippen LogP contribution >= 0.6 is 24.0 Å². The summed E-state index contributed by atoms with van der Waals surface area (Å²) in [5.41, 5.74) is 0. The molecule has 0 radical (unpaired) electrons. The molecule has 1 heterocycles. The number of thioether (sulfide) groups is 1. The smallest absolute Gasteiger partial charge is 0.342 e. The molecule has 0 aliphatic heterocycles. The minimum Gasteiger partial charge on any atom is -0.479 e. The normalized spacial score (nSPS) is 12.3. The van der Waals surface area contributed by atoms with Crippen LogP contribution < -0.4 is 0 Å². The van der Waals surface area contributed by atoms with E-state index in [1.54, 1.807) is 11.5 Å². The molecule has 152 valence electrons. The number of aliphatic hydroxyl groups excluding tert-OH is 2. The third-order valence-corrected chi connectivity index (χ3v) is 4.65. The zero-order valence-electron chi connectivity index (χ0n) is 14.7. The molecule has 0 spiro atoms. The van der Waals surface area contributed by atoms with Crippen LogP contribution in [-0.2, 0) is 16.1 Å². The summed E-state index contributed by atoms with van der Waals surface area (Å²) >= 11 is 6.62. The SMILES string of the molecule is Cc1ncc([N+](=O)[O-])n1CCSC(=S)N(C)C.O=C(O)C(O)C(O)C(=O)O. The second-order valence-corrected chi connectivity index (χ2v) is 6.88. The van der Waals surface area contributed by atoms with Gasteiger partial charge in [-0.05, 0) is 4.92 Å². The van der Waals surface area contributed by atoms with Crippen LogP contribution in [-0.4, -0.2) is 88.1 Å². The summed E-state index contributed by atoms with van der Waals surface area (Å²) in [7, 11) is 3.75. The van der Waals surface area contributed by atoms with Crippen LogP contribution in [0.2, 0.25) is 0 Å². The molecular formula is C13H20N4O8S2. The van der Waals surface area contributed by atoms with Gasteiger partial charge in [-0.25, -0.2) is 19.1 Å². The van der Waals surface area contributed by atoms with E-state index in [1.807, 2.05) is 19.0 Å². The van der Waals surface area contributed by atoms with Crippen molar-refractivity contribution in [3.05, 3.63) is 22.1 Å². The summed E-state index contributed by atoms with van der Waals surface area (Å²) in [4.78, 5) is 35.6. The van der Waals surface area contributed by atoms with Gasteiger partial charge in [-0.2, -0.15) is 0 Å². The fourth-order valence-electron chi connectivity index (χ4n) is 1.50. The Kier molecular flexibility index (Phi) is 10.5. The first-order valence-corrected chi connectivity index (χ1v) is 8.61. The molecule has 1 rings (SSSR count). The second-order valence-electron chi connectivity index (χ2n) is 5.15. The number of aliphatic carboxylic acids is 2. The highest BCUT2D eigenvalue weighted by atomic mass is 32.2. The Morgan fingerprint density at radius 3 is 2.19 bits per heavy atom. The number of aliphatic hydroxyl groups is 2. The van der Waals surface area contributed by atoms with Crippen molar-refractivity contribution in [3.8, 4) is 0 Å². The van der Waals surface area contributed by atoms with Crippen LogP contribution in [0.15, 0.2) is 6.20 Å². The quantitative estimate of drug-likeness (QED) is 0.252. The molecule has 2 atom stereocenters. The van der Waals surface area contributed by atoms with Crippen molar-refractivity contribution in [1.29, 1.82) is 0 Å². The Hall–Kier alpha value is -2.29. The number of hydrogen-bond donors (Lipinski definition) is 4. The lowest BCUT2D eigenvalue weighted by atomic mass is 10.2. The summed E-state index contributed by atoms with van der Waals surface area (Å²) in [5.74, 6) is -2.17. The van der Waals surface area contributed by atoms with E-state index >= 15 is 0 Å². The van der Waals surface area contributed by atoms with Gasteiger partial charge >= 0.3 is 17.8 Å². The number of nitrogens with zero attached hydrogens (tertiary/aromatic N) is 4. The van der Waals surface area contributed by atoms with E-state index in [0.717, 1.165) is 4.32 Å². The van der Waals surface area contributed by atoms with Gasteiger partial charge in [0.15, 0.2) is 18.0 Å². The first-order chi connectivity index (χ1) is 12.4. The highest BCUT2D eigenvalue weighted by molar-refractivity contribution is 8.22. The predicted molar refractivity (Wildman–Crippen MR) is 99.6 cm³/mol. The highest BCUT2D eigenvalue weighted by Crippen LogP contribution is 2.15. The van der Waals surface area contributed by atoms with Crippen molar-refractivity contribution in [2.45, 2.75) is 25.7 Å². The maximum Gasteiger partial charge on any atom is 0.342 e. The van der Waals surface area contributed by atoms with Crippen LogP contribution in [0.5, 0.6) is 0 Å². The summed E-state index contributed by atoms with van der Waals surface area (Å²) in [5, 5.41) is 43.3. The largest absolute Gasteiger partial charge is 0.479 e. The fourth-order valence-corrected chi connectivity index (χ4v) is 2.46. The first kappa shape index (κ1) is 24.7. The lowest BCUT2D eigenvalue weighted by Gasteiger charge is -2.12. The van der Waals surface area contributed by atoms with Gasteiger partial charge in [-0.1, -0.05) is 24.0 Å². The predicted octanol–water partition coefficient (Wildman–Crippen LogP) is -0.443. The third-order valence-electron chi connectivity index (χ3n) is 2.93. The lowest BCUT2D eigenvalue weighted by Crippen LogP contribution is -2.39. The number of hydrogen-bond acceptors (Lipinski definition) is 9. The average Bonchev–Trinajstić information content (AvgIpc) is 2.94. The van der Waals surface area contributed by atoms with Crippen LogP contribution in [0.4, 0.5) is 5.82 Å². The first-order valence-electron chi connectivity index (χ1n) is 7.22. The van der Waals surface area contributed by atoms with E-state index in [2.05, 4.69) is 4.98 Å². The minimum atomic E-state index is -2.27. The molecular weight excluding hydrogens is 404 g/mol. The summed E-state index contributed by atoms with van der Waals surface area (Å²) in [6, 6.07) is 0. The number of aromatic nitrogens is 2. The Morgan fingerprint density at radius 1 is 1.33 bits per heavy atom. The summed E-state index contributed by atoms with van der Waals surface area (Å²) in [6.45, 7) is 2.28. The average molecular weight is 424 g/mol. The highest BCUT2D eigenvalue weighted by Gasteiger charge is 2.29. The number of aryl methyl sites for hydroxylation is 1. The maximum absolute atomic E-state index is 10.7. The van der Waals surface area contributed by atoms with Gasteiger partial charge in [0.2, 0.25) is 0 Å². The van der Waals surface area contributed by atoms with Crippen molar-refractivity contribution >= 4 is 46.1 Å². The molecule has 0 saturated carbocycles. The lowest BCUT2D eigenvalue weighted by molar-refractivity contribution is -0.392. The van der Waals surface area contributed by atoms with Crippen molar-refractivity contribution in [2.75, 3.05) is 19.8 Å². The van der Waals surface area contributed by atoms with E-state index in [-0.39, 0.29) is 5.82 Å². The number of carboxylic acid groups (broad SMARTS) is 2. The van der Waals surface area contributed by atoms with Gasteiger partial charge in [-0.3, -0.25) is 0 Å². The molecule has 1 aromatic heterocycles. The van der Waals surface area contributed by atoms with Crippen molar-refractivity contribution < 1.29 is 34.9 Å². The molecule has 0 aromatic carbocycles. The van der Waals surface area contributed by atoms with Crippen LogP contribution in [0.25, 0.3) is 0 Å². The van der Waals surface area contributed by atoms with Crippen LogP contribution in [0.1, 0.15) is 5.82 Å². The number of nitro groups is 1. The summed E-state index contributed by atoms with van der Waals surface area (Å²) < 4.78 is 2.36. The molecule has 14 heteroatoms. The molecule has 1 aromatic rings. The Labute approximate surface area is 163 Å². The standard InChI is InChI=1S/C9H14N4O2S2.C4H6O6/c1-7-10-6-8(13(14)15)12(7)4-5-17-9(16)11(2)3;5-1(3(7)8)2(6)4(9)10/h6H,4-5H2,1-3H3;1-2,5-6H,(H,7,8)(H,9,10). The van der Waals surface area contributed by atoms with Crippen LogP contribution in [0.3, 0.4) is 0 Å². The zero-order valence-corrected chi connectivity index (χ0v) is 16.3. The molecule has 12 nitrogen and oxygen atoms in total. The van der Waals surface area contributed by atoms with Gasteiger partial charge in [0, 0.05) is 26.8 Å². The Morgan fingerprint density at radius 2 is 1.81 bits per heavy atom. The molecule has 4 N–H and O–H groups in total. The monoisotopic (exact) mass is 424 g/mol. The zero-order chi connectivity index (χ0) is 21.3. The Bertz CT molecular complexity index is 676. The molecule has 2 unspecified atom stereocenters. The molecule has 27 heavy (non-hydrogen) atoms. The van der Waals surface area contributed by atoms with Crippen molar-refractivity contribution in [2.24, 2.45) is 0 Å². The number of thiocarbonyl (C=S) groups is 1. The topological polar surface area (TPSA) is 179 Å². The fraction of sp³-hybridized carbons (Fsp3) is 0.538. The Balaban J connectivity index is 0.000000580. The number of carboxylic acids is 2. The molecule has 0 saturated heterocycles. The number of imidazole rings is 1. The molecule has 0 fully saturated rings. The molecule has 0 aliphatic carbocycles. The van der Waals surface area contributed by atoms with E-state index < -0.39 is 29.1 Å².